The summed E-state index contributed by atoms with van der Waals surface area (Å²) < 4.78 is 5.57. The van der Waals surface area contributed by atoms with Gasteiger partial charge in [0.1, 0.15) is 0 Å². The fourth-order valence-corrected chi connectivity index (χ4v) is 2.90. The van der Waals surface area contributed by atoms with Gasteiger partial charge in [-0.3, -0.25) is 4.90 Å². The number of rotatable bonds is 7. The molecular weight excluding hydrogens is 248 g/mol. The Balaban J connectivity index is 1.82. The van der Waals surface area contributed by atoms with E-state index in [0.29, 0.717) is 0 Å². The lowest BCUT2D eigenvalue weighted by Crippen LogP contribution is -2.56. The van der Waals surface area contributed by atoms with Crippen LogP contribution in [0.1, 0.15) is 32.3 Å². The Morgan fingerprint density at radius 2 is 2.05 bits per heavy atom. The molecule has 1 aliphatic rings. The molecule has 1 aromatic carbocycles. The van der Waals surface area contributed by atoms with E-state index in [1.165, 1.54) is 5.56 Å². The average molecular weight is 276 g/mol. The van der Waals surface area contributed by atoms with Crippen molar-refractivity contribution in [1.82, 2.24) is 10.2 Å². The smallest absolute Gasteiger partial charge is 0.0535 e. The van der Waals surface area contributed by atoms with Crippen LogP contribution in [0.25, 0.3) is 0 Å². The molecule has 1 heterocycles. The summed E-state index contributed by atoms with van der Waals surface area (Å²) in [5.41, 5.74) is 1.45. The Kier molecular flexibility index (Phi) is 6.02. The summed E-state index contributed by atoms with van der Waals surface area (Å²) in [4.78, 5) is 2.55. The van der Waals surface area contributed by atoms with Crippen molar-refractivity contribution in [3.63, 3.8) is 0 Å². The molecule has 0 aliphatic carbocycles. The molecule has 1 fully saturated rings. The van der Waals surface area contributed by atoms with Crippen LogP contribution in [0.5, 0.6) is 0 Å². The zero-order chi connectivity index (χ0) is 14.3. The molecule has 1 unspecified atom stereocenters. The number of ether oxygens (including phenoxy) is 1. The van der Waals surface area contributed by atoms with Crippen LogP contribution in [-0.2, 0) is 10.3 Å². The van der Waals surface area contributed by atoms with E-state index in [1.54, 1.807) is 0 Å². The first-order chi connectivity index (χ1) is 9.74. The third-order valence-electron chi connectivity index (χ3n) is 4.01. The lowest BCUT2D eigenvalue weighted by Gasteiger charge is -2.42. The van der Waals surface area contributed by atoms with Gasteiger partial charge in [0.2, 0.25) is 0 Å². The molecule has 0 amide bonds. The Morgan fingerprint density at radius 1 is 1.25 bits per heavy atom. The van der Waals surface area contributed by atoms with E-state index in [9.17, 15) is 0 Å². The van der Waals surface area contributed by atoms with Gasteiger partial charge in [0.15, 0.2) is 0 Å². The summed E-state index contributed by atoms with van der Waals surface area (Å²) in [7, 11) is 0. The zero-order valence-corrected chi connectivity index (χ0v) is 12.9. The maximum atomic E-state index is 5.57. The van der Waals surface area contributed by atoms with Crippen molar-refractivity contribution in [2.75, 3.05) is 39.4 Å². The molecule has 0 spiro atoms. The second kappa shape index (κ2) is 7.77. The molecule has 0 bridgehead atoms. The molecule has 0 radical (unpaired) electrons. The Bertz CT molecular complexity index is 382. The normalized spacial score (nSPS) is 23.9. The first-order valence-electron chi connectivity index (χ1n) is 7.85. The van der Waals surface area contributed by atoms with E-state index >= 15 is 0 Å². The topological polar surface area (TPSA) is 24.5 Å². The van der Waals surface area contributed by atoms with E-state index in [1.807, 2.05) is 0 Å². The van der Waals surface area contributed by atoms with Crippen LogP contribution in [-0.4, -0.2) is 44.3 Å². The Morgan fingerprint density at radius 3 is 2.80 bits per heavy atom. The van der Waals surface area contributed by atoms with Crippen LogP contribution in [0.15, 0.2) is 30.3 Å². The van der Waals surface area contributed by atoms with Gasteiger partial charge >= 0.3 is 0 Å². The number of nitrogens with one attached hydrogen (secondary N) is 1. The standard InChI is InChI=1S/C17H28N2O/c1-3-13-20-14-7-11-19-12-10-18-17(2,15-19)16-8-5-4-6-9-16/h4-6,8-9,18H,3,7,10-15H2,1-2H3. The molecule has 0 saturated carbocycles. The van der Waals surface area contributed by atoms with Gasteiger partial charge in [-0.15, -0.1) is 0 Å². The van der Waals surface area contributed by atoms with Gasteiger partial charge in [-0.05, 0) is 25.3 Å². The van der Waals surface area contributed by atoms with Crippen molar-refractivity contribution < 1.29 is 4.74 Å². The molecule has 2 rings (SSSR count). The van der Waals surface area contributed by atoms with Gasteiger partial charge in [-0.2, -0.15) is 0 Å². The first-order valence-corrected chi connectivity index (χ1v) is 7.85. The summed E-state index contributed by atoms with van der Waals surface area (Å²) >= 11 is 0. The number of piperazine rings is 1. The molecule has 3 heteroatoms. The van der Waals surface area contributed by atoms with Crippen molar-refractivity contribution in [1.29, 1.82) is 0 Å². The van der Waals surface area contributed by atoms with E-state index in [-0.39, 0.29) is 5.54 Å². The highest BCUT2D eigenvalue weighted by atomic mass is 16.5. The van der Waals surface area contributed by atoms with Crippen LogP contribution in [0.2, 0.25) is 0 Å². The molecule has 1 aliphatic heterocycles. The lowest BCUT2D eigenvalue weighted by molar-refractivity contribution is 0.101. The molecule has 0 aromatic heterocycles. The average Bonchev–Trinajstić information content (AvgIpc) is 2.48. The number of hydrogen-bond acceptors (Lipinski definition) is 3. The molecule has 1 aromatic rings. The van der Waals surface area contributed by atoms with Crippen LogP contribution < -0.4 is 5.32 Å². The summed E-state index contributed by atoms with van der Waals surface area (Å²) in [5, 5.41) is 3.68. The van der Waals surface area contributed by atoms with Crippen LogP contribution in [0, 0.1) is 0 Å². The number of nitrogens with zero attached hydrogens (tertiary/aromatic N) is 1. The summed E-state index contributed by atoms with van der Waals surface area (Å²) in [5.74, 6) is 0. The fourth-order valence-electron chi connectivity index (χ4n) is 2.90. The second-order valence-electron chi connectivity index (χ2n) is 5.87. The van der Waals surface area contributed by atoms with Gasteiger partial charge in [-0.25, -0.2) is 0 Å². The second-order valence-corrected chi connectivity index (χ2v) is 5.87. The van der Waals surface area contributed by atoms with Gasteiger partial charge in [0.25, 0.3) is 0 Å². The maximum absolute atomic E-state index is 5.57. The molecule has 20 heavy (non-hydrogen) atoms. The van der Waals surface area contributed by atoms with E-state index in [0.717, 1.165) is 52.2 Å². The Hall–Kier alpha value is -0.900. The van der Waals surface area contributed by atoms with E-state index in [2.05, 4.69) is 54.4 Å². The highest BCUT2D eigenvalue weighted by molar-refractivity contribution is 5.24. The van der Waals surface area contributed by atoms with Crippen molar-refractivity contribution >= 4 is 0 Å². The van der Waals surface area contributed by atoms with Crippen molar-refractivity contribution in [2.45, 2.75) is 32.2 Å². The number of hydrogen-bond donors (Lipinski definition) is 1. The van der Waals surface area contributed by atoms with E-state index in [4.69, 9.17) is 4.74 Å². The molecular formula is C17H28N2O. The van der Waals surface area contributed by atoms with Crippen LogP contribution in [0.3, 0.4) is 0 Å². The predicted molar refractivity (Wildman–Crippen MR) is 84.0 cm³/mol. The third kappa shape index (κ3) is 4.30. The summed E-state index contributed by atoms with van der Waals surface area (Å²) in [6, 6.07) is 10.8. The van der Waals surface area contributed by atoms with Crippen molar-refractivity contribution in [3.05, 3.63) is 35.9 Å². The Labute approximate surface area is 123 Å². The minimum atomic E-state index is 0.0732. The maximum Gasteiger partial charge on any atom is 0.0535 e. The first kappa shape index (κ1) is 15.5. The molecule has 1 N–H and O–H groups in total. The molecule has 1 saturated heterocycles. The molecule has 112 valence electrons. The zero-order valence-electron chi connectivity index (χ0n) is 12.9. The summed E-state index contributed by atoms with van der Waals surface area (Å²) in [6.07, 6.45) is 2.24. The SMILES string of the molecule is CCCOCCCN1CCNC(C)(c2ccccc2)C1. The van der Waals surface area contributed by atoms with Crippen LogP contribution >= 0.6 is 0 Å². The minimum absolute atomic E-state index is 0.0732. The molecule has 1 atom stereocenters. The molecule has 3 nitrogen and oxygen atoms in total. The van der Waals surface area contributed by atoms with Gasteiger partial charge < -0.3 is 10.1 Å². The van der Waals surface area contributed by atoms with Gasteiger partial charge in [0, 0.05) is 39.4 Å². The number of benzene rings is 1. The van der Waals surface area contributed by atoms with Gasteiger partial charge in [-0.1, -0.05) is 37.3 Å². The monoisotopic (exact) mass is 276 g/mol. The quantitative estimate of drug-likeness (QED) is 0.775. The van der Waals surface area contributed by atoms with E-state index < -0.39 is 0 Å². The predicted octanol–water partition coefficient (Wildman–Crippen LogP) is 2.62. The highest BCUT2D eigenvalue weighted by Crippen LogP contribution is 2.24. The fraction of sp³-hybridized carbons (Fsp3) is 0.647. The van der Waals surface area contributed by atoms with Crippen molar-refractivity contribution in [3.8, 4) is 0 Å². The third-order valence-corrected chi connectivity index (χ3v) is 4.01. The van der Waals surface area contributed by atoms with Crippen LogP contribution in [0.4, 0.5) is 0 Å². The largest absolute Gasteiger partial charge is 0.381 e. The minimum Gasteiger partial charge on any atom is -0.381 e. The van der Waals surface area contributed by atoms with Crippen molar-refractivity contribution in [2.24, 2.45) is 0 Å². The van der Waals surface area contributed by atoms with Gasteiger partial charge in [0.05, 0.1) is 5.54 Å². The highest BCUT2D eigenvalue weighted by Gasteiger charge is 2.31. The summed E-state index contributed by atoms with van der Waals surface area (Å²) in [6.45, 7) is 10.6. The lowest BCUT2D eigenvalue weighted by atomic mass is 9.89.